The molecule has 2 heterocycles. The first-order chi connectivity index (χ1) is 10.2. The Morgan fingerprint density at radius 1 is 1.14 bits per heavy atom. The van der Waals surface area contributed by atoms with Gasteiger partial charge in [-0.3, -0.25) is 9.88 Å². The van der Waals surface area contributed by atoms with Gasteiger partial charge < -0.3 is 5.73 Å². The highest BCUT2D eigenvalue weighted by Gasteiger charge is 2.16. The zero-order valence-electron chi connectivity index (χ0n) is 12.9. The third-order valence-corrected chi connectivity index (χ3v) is 3.34. The lowest BCUT2D eigenvalue weighted by Crippen LogP contribution is -2.22. The molecule has 0 amide bonds. The van der Waals surface area contributed by atoms with Crippen LogP contribution in [-0.4, -0.2) is 26.5 Å². The summed E-state index contributed by atoms with van der Waals surface area (Å²) in [5, 5.41) is 0. The van der Waals surface area contributed by atoms with Crippen LogP contribution in [0.5, 0.6) is 0 Å². The van der Waals surface area contributed by atoms with E-state index in [-0.39, 0.29) is 0 Å². The van der Waals surface area contributed by atoms with Crippen LogP contribution >= 0.6 is 0 Å². The van der Waals surface area contributed by atoms with Gasteiger partial charge in [0.2, 0.25) is 5.95 Å². The average Bonchev–Trinajstić information content (AvgIpc) is 2.49. The van der Waals surface area contributed by atoms with Crippen LogP contribution < -0.4 is 10.6 Å². The monoisotopic (exact) mass is 286 g/mol. The molecule has 0 spiro atoms. The van der Waals surface area contributed by atoms with Gasteiger partial charge >= 0.3 is 0 Å². The molecule has 0 aromatic carbocycles. The third kappa shape index (κ3) is 3.26. The minimum absolute atomic E-state index is 0.563. The molecule has 2 aromatic rings. The van der Waals surface area contributed by atoms with Gasteiger partial charge in [0.1, 0.15) is 5.82 Å². The molecule has 0 radical (unpaired) electrons. The number of hydrogen-bond donors (Lipinski definition) is 1. The van der Waals surface area contributed by atoms with Crippen LogP contribution in [0, 0.1) is 0 Å². The van der Waals surface area contributed by atoms with E-state index >= 15 is 0 Å². The van der Waals surface area contributed by atoms with Gasteiger partial charge in [0.15, 0.2) is 5.82 Å². The van der Waals surface area contributed by atoms with Crippen LogP contribution in [0.2, 0.25) is 0 Å². The Labute approximate surface area is 125 Å². The molecule has 0 fully saturated rings. The fourth-order valence-corrected chi connectivity index (χ4v) is 2.32. The highest BCUT2D eigenvalue weighted by atomic mass is 15.3. The lowest BCUT2D eigenvalue weighted by Gasteiger charge is -2.21. The van der Waals surface area contributed by atoms with Crippen LogP contribution in [0.4, 0.5) is 17.6 Å². The molecule has 2 rings (SSSR count). The van der Waals surface area contributed by atoms with Crippen LogP contribution in [0.3, 0.4) is 0 Å². The molecule has 0 unspecified atom stereocenters. The largest absolute Gasteiger partial charge is 0.383 e. The lowest BCUT2D eigenvalue weighted by molar-refractivity contribution is 0.827. The molecule has 0 aliphatic carbocycles. The summed E-state index contributed by atoms with van der Waals surface area (Å²) in [6.45, 7) is 6.95. The molecule has 0 aliphatic rings. The zero-order valence-corrected chi connectivity index (χ0v) is 12.9. The van der Waals surface area contributed by atoms with Crippen LogP contribution in [0.15, 0.2) is 18.6 Å². The Morgan fingerprint density at radius 3 is 2.52 bits per heavy atom. The Kier molecular flexibility index (Phi) is 5.03. The summed E-state index contributed by atoms with van der Waals surface area (Å²) >= 11 is 0. The van der Waals surface area contributed by atoms with Gasteiger partial charge in [0.05, 0.1) is 11.9 Å². The molecule has 2 N–H and O–H groups in total. The van der Waals surface area contributed by atoms with Crippen molar-refractivity contribution >= 4 is 17.6 Å². The maximum Gasteiger partial charge on any atom is 0.233 e. The predicted octanol–water partition coefficient (Wildman–Crippen LogP) is 2.52. The molecule has 0 aliphatic heterocycles. The van der Waals surface area contributed by atoms with Crippen molar-refractivity contribution in [3.05, 3.63) is 29.8 Å². The number of nitrogens with zero attached hydrogens (tertiary/aromatic N) is 5. The lowest BCUT2D eigenvalue weighted by atomic mass is 10.1. The predicted molar refractivity (Wildman–Crippen MR) is 84.5 cm³/mol. The summed E-state index contributed by atoms with van der Waals surface area (Å²) in [6.07, 6.45) is 7.79. The maximum atomic E-state index is 6.12. The fourth-order valence-electron chi connectivity index (χ4n) is 2.32. The number of hydrogen-bond acceptors (Lipinski definition) is 6. The molecule has 21 heavy (non-hydrogen) atoms. The third-order valence-electron chi connectivity index (χ3n) is 3.34. The Morgan fingerprint density at radius 2 is 1.95 bits per heavy atom. The van der Waals surface area contributed by atoms with Crippen molar-refractivity contribution in [3.8, 4) is 0 Å². The smallest absolute Gasteiger partial charge is 0.233 e. The second-order valence-electron chi connectivity index (χ2n) is 4.75. The summed E-state index contributed by atoms with van der Waals surface area (Å²) in [5.41, 5.74) is 8.20. The number of aryl methyl sites for hydroxylation is 1. The summed E-state index contributed by atoms with van der Waals surface area (Å²) in [4.78, 5) is 19.5. The quantitative estimate of drug-likeness (QED) is 0.878. The first-order valence-corrected chi connectivity index (χ1v) is 7.40. The minimum atomic E-state index is 0.563. The van der Waals surface area contributed by atoms with Crippen LogP contribution in [-0.2, 0) is 12.8 Å². The molecule has 0 saturated carbocycles. The van der Waals surface area contributed by atoms with Gasteiger partial charge in [0, 0.05) is 24.5 Å². The fraction of sp³-hybridized carbons (Fsp3) is 0.467. The van der Waals surface area contributed by atoms with Crippen LogP contribution in [0.25, 0.3) is 0 Å². The summed E-state index contributed by atoms with van der Waals surface area (Å²) in [6, 6.07) is 0. The van der Waals surface area contributed by atoms with E-state index < -0.39 is 0 Å². The highest BCUT2D eigenvalue weighted by molar-refractivity contribution is 5.55. The van der Waals surface area contributed by atoms with Crippen LogP contribution in [0.1, 0.15) is 38.4 Å². The maximum absolute atomic E-state index is 6.12. The molecule has 0 atom stereocenters. The van der Waals surface area contributed by atoms with E-state index in [1.165, 1.54) is 0 Å². The Hall–Kier alpha value is -2.24. The molecule has 6 nitrogen and oxygen atoms in total. The first-order valence-electron chi connectivity index (χ1n) is 7.40. The van der Waals surface area contributed by atoms with Gasteiger partial charge in [-0.2, -0.15) is 4.98 Å². The van der Waals surface area contributed by atoms with E-state index in [1.54, 1.807) is 18.6 Å². The second-order valence-corrected chi connectivity index (χ2v) is 4.75. The highest BCUT2D eigenvalue weighted by Crippen LogP contribution is 2.24. The zero-order chi connectivity index (χ0) is 15.2. The van der Waals surface area contributed by atoms with E-state index in [4.69, 9.17) is 10.7 Å². The van der Waals surface area contributed by atoms with Crippen molar-refractivity contribution in [1.29, 1.82) is 0 Å². The minimum Gasteiger partial charge on any atom is -0.383 e. The number of rotatable bonds is 6. The normalized spacial score (nSPS) is 10.6. The molecule has 6 heteroatoms. The molecular formula is C15H22N6. The van der Waals surface area contributed by atoms with Crippen molar-refractivity contribution in [2.75, 3.05) is 17.2 Å². The van der Waals surface area contributed by atoms with Crippen molar-refractivity contribution in [2.45, 2.75) is 40.0 Å². The van der Waals surface area contributed by atoms with Gasteiger partial charge in [-0.15, -0.1) is 0 Å². The number of aromatic nitrogens is 4. The van der Waals surface area contributed by atoms with Crippen molar-refractivity contribution in [1.82, 2.24) is 19.9 Å². The number of nitrogen functional groups attached to an aromatic ring is 1. The van der Waals surface area contributed by atoms with Crippen molar-refractivity contribution in [2.24, 2.45) is 0 Å². The number of anilines is 3. The second kappa shape index (κ2) is 6.97. The van der Waals surface area contributed by atoms with E-state index in [9.17, 15) is 0 Å². The molecule has 112 valence electrons. The topological polar surface area (TPSA) is 80.8 Å². The van der Waals surface area contributed by atoms with Gasteiger partial charge in [-0.25, -0.2) is 9.97 Å². The van der Waals surface area contributed by atoms with Gasteiger partial charge in [-0.1, -0.05) is 20.3 Å². The van der Waals surface area contributed by atoms with E-state index in [0.717, 1.165) is 36.3 Å². The van der Waals surface area contributed by atoms with E-state index in [2.05, 4.69) is 28.8 Å². The first kappa shape index (κ1) is 15.2. The Bertz CT molecular complexity index is 584. The van der Waals surface area contributed by atoms with Crippen molar-refractivity contribution in [3.63, 3.8) is 0 Å². The Balaban J connectivity index is 2.47. The van der Waals surface area contributed by atoms with Gasteiger partial charge in [0.25, 0.3) is 0 Å². The standard InChI is InChI=1S/C15H22N6/c1-4-7-12-11(5-2)14(16)20-15(19-12)21(6-3)13-10-17-8-9-18-13/h8-10H,4-7H2,1-3H3,(H2,16,19,20). The SMILES string of the molecule is CCCc1nc(N(CC)c2cnccn2)nc(N)c1CC. The van der Waals surface area contributed by atoms with Gasteiger partial charge in [-0.05, 0) is 19.8 Å². The molecular weight excluding hydrogens is 264 g/mol. The molecule has 0 bridgehead atoms. The van der Waals surface area contributed by atoms with Crippen molar-refractivity contribution < 1.29 is 0 Å². The summed E-state index contributed by atoms with van der Waals surface area (Å²) in [5.74, 6) is 1.88. The average molecular weight is 286 g/mol. The summed E-state index contributed by atoms with van der Waals surface area (Å²) in [7, 11) is 0. The van der Waals surface area contributed by atoms with E-state index in [1.807, 2.05) is 11.8 Å². The molecule has 0 saturated heterocycles. The molecule has 2 aromatic heterocycles. The number of nitrogens with two attached hydrogens (primary N) is 1. The summed E-state index contributed by atoms with van der Waals surface area (Å²) < 4.78 is 0. The van der Waals surface area contributed by atoms with E-state index in [0.29, 0.717) is 18.3 Å².